The minimum atomic E-state index is -0.00439. The van der Waals surface area contributed by atoms with Crippen LogP contribution in [0, 0.1) is 0 Å². The van der Waals surface area contributed by atoms with Crippen molar-refractivity contribution in [3.05, 3.63) is 132 Å². The summed E-state index contributed by atoms with van der Waals surface area (Å²) in [6.45, 7) is 0.435. The predicted molar refractivity (Wildman–Crippen MR) is 162 cm³/mol. The van der Waals surface area contributed by atoms with Gasteiger partial charge in [0.25, 0.3) is 0 Å². The third-order valence-corrected chi connectivity index (χ3v) is 7.77. The normalized spacial score (nSPS) is 11.1. The molecular formula is C33H24ClN3OS. The van der Waals surface area contributed by atoms with Gasteiger partial charge in [-0.3, -0.25) is 4.79 Å². The van der Waals surface area contributed by atoms with E-state index in [1.54, 1.807) is 0 Å². The molecule has 0 aliphatic carbocycles. The summed E-state index contributed by atoms with van der Waals surface area (Å²) in [5.74, 6) is 0.873. The molecule has 0 atom stereocenters. The zero-order valence-corrected chi connectivity index (χ0v) is 22.6. The Morgan fingerprint density at radius 3 is 2.23 bits per heavy atom. The van der Waals surface area contributed by atoms with Crippen LogP contribution in [0.2, 0.25) is 5.02 Å². The summed E-state index contributed by atoms with van der Waals surface area (Å²) in [5.41, 5.74) is 3.68. The van der Waals surface area contributed by atoms with Gasteiger partial charge in [-0.15, -0.1) is 0 Å². The van der Waals surface area contributed by atoms with Gasteiger partial charge in [-0.25, -0.2) is 9.97 Å². The van der Waals surface area contributed by atoms with Gasteiger partial charge in [-0.2, -0.15) is 0 Å². The number of amides is 1. The summed E-state index contributed by atoms with van der Waals surface area (Å²) in [7, 11) is 0. The molecule has 0 fully saturated rings. The molecule has 4 nitrogen and oxygen atoms in total. The van der Waals surface area contributed by atoms with Gasteiger partial charge >= 0.3 is 0 Å². The summed E-state index contributed by atoms with van der Waals surface area (Å²) in [6, 6.07) is 39.7. The van der Waals surface area contributed by atoms with Crippen LogP contribution in [0.15, 0.2) is 126 Å². The number of carbonyl (C=O) groups excluding carboxylic acids is 1. The van der Waals surface area contributed by atoms with E-state index in [0.717, 1.165) is 43.5 Å². The van der Waals surface area contributed by atoms with E-state index in [-0.39, 0.29) is 11.7 Å². The summed E-state index contributed by atoms with van der Waals surface area (Å²) in [6.07, 6.45) is 0. The minimum Gasteiger partial charge on any atom is -0.307 e. The van der Waals surface area contributed by atoms with E-state index in [1.165, 1.54) is 11.8 Å². The van der Waals surface area contributed by atoms with Crippen LogP contribution < -0.4 is 4.90 Å². The second-order valence-electron chi connectivity index (χ2n) is 9.13. The first-order valence-electron chi connectivity index (χ1n) is 12.6. The maximum atomic E-state index is 14.0. The summed E-state index contributed by atoms with van der Waals surface area (Å²) in [5, 5.41) is 4.51. The van der Waals surface area contributed by atoms with Crippen LogP contribution in [0.4, 0.5) is 5.69 Å². The molecule has 0 saturated carbocycles. The van der Waals surface area contributed by atoms with Crippen molar-refractivity contribution in [2.24, 2.45) is 0 Å². The monoisotopic (exact) mass is 545 g/mol. The van der Waals surface area contributed by atoms with E-state index in [2.05, 4.69) is 18.2 Å². The molecule has 39 heavy (non-hydrogen) atoms. The van der Waals surface area contributed by atoms with Gasteiger partial charge < -0.3 is 4.90 Å². The highest BCUT2D eigenvalue weighted by atomic mass is 35.5. The van der Waals surface area contributed by atoms with Crippen LogP contribution in [-0.2, 0) is 11.3 Å². The molecule has 1 heterocycles. The Morgan fingerprint density at radius 2 is 1.41 bits per heavy atom. The highest BCUT2D eigenvalue weighted by molar-refractivity contribution is 8.00. The third kappa shape index (κ3) is 5.51. The Morgan fingerprint density at radius 1 is 0.718 bits per heavy atom. The number of fused-ring (bicyclic) bond motifs is 2. The fourth-order valence-electron chi connectivity index (χ4n) is 4.61. The molecule has 0 radical (unpaired) electrons. The number of rotatable bonds is 7. The number of hydrogen-bond acceptors (Lipinski definition) is 4. The fraction of sp³-hybridized carbons (Fsp3) is 0.0606. The van der Waals surface area contributed by atoms with Crippen molar-refractivity contribution in [1.82, 2.24) is 9.97 Å². The number of hydrogen-bond donors (Lipinski definition) is 0. The highest BCUT2D eigenvalue weighted by Gasteiger charge is 2.20. The van der Waals surface area contributed by atoms with Gasteiger partial charge in [0.2, 0.25) is 5.91 Å². The molecular weight excluding hydrogens is 522 g/mol. The van der Waals surface area contributed by atoms with Crippen LogP contribution in [0.5, 0.6) is 0 Å². The Hall–Kier alpha value is -4.19. The molecule has 1 amide bonds. The molecule has 0 unspecified atom stereocenters. The lowest BCUT2D eigenvalue weighted by molar-refractivity contribution is -0.116. The first-order chi connectivity index (χ1) is 19.2. The number of aromatic nitrogens is 2. The van der Waals surface area contributed by atoms with Gasteiger partial charge in [-0.05, 0) is 35.2 Å². The van der Waals surface area contributed by atoms with Crippen LogP contribution >= 0.6 is 23.4 Å². The van der Waals surface area contributed by atoms with Crippen molar-refractivity contribution >= 4 is 56.6 Å². The maximum absolute atomic E-state index is 14.0. The van der Waals surface area contributed by atoms with Crippen molar-refractivity contribution in [2.75, 3.05) is 10.7 Å². The molecule has 0 aliphatic rings. The van der Waals surface area contributed by atoms with Gasteiger partial charge in [0.05, 0.1) is 23.5 Å². The molecule has 5 aromatic carbocycles. The van der Waals surface area contributed by atoms with Crippen molar-refractivity contribution in [3.8, 4) is 11.4 Å². The zero-order chi connectivity index (χ0) is 26.6. The average Bonchev–Trinajstić information content (AvgIpc) is 2.99. The van der Waals surface area contributed by atoms with E-state index < -0.39 is 0 Å². The third-order valence-electron chi connectivity index (χ3n) is 6.55. The molecule has 6 heteroatoms. The van der Waals surface area contributed by atoms with E-state index in [9.17, 15) is 4.79 Å². The number of carbonyl (C=O) groups is 1. The fourth-order valence-corrected chi connectivity index (χ4v) is 5.63. The highest BCUT2D eigenvalue weighted by Crippen LogP contribution is 2.32. The molecule has 6 aromatic rings. The molecule has 0 bridgehead atoms. The Labute approximate surface area is 236 Å². The summed E-state index contributed by atoms with van der Waals surface area (Å²) < 4.78 is 0. The molecule has 0 saturated heterocycles. The number of nitrogens with zero attached hydrogens (tertiary/aromatic N) is 3. The SMILES string of the molecule is O=C(CSc1nc(-c2ccccc2)nc2ccccc12)N(Cc1ccc(Cl)cc1)c1cccc2ccccc12. The van der Waals surface area contributed by atoms with Crippen molar-refractivity contribution in [3.63, 3.8) is 0 Å². The lowest BCUT2D eigenvalue weighted by Gasteiger charge is -2.25. The van der Waals surface area contributed by atoms with Crippen LogP contribution in [0.1, 0.15) is 5.56 Å². The minimum absolute atomic E-state index is 0.00439. The Kier molecular flexibility index (Phi) is 7.26. The van der Waals surface area contributed by atoms with Crippen LogP contribution in [0.3, 0.4) is 0 Å². The van der Waals surface area contributed by atoms with Crippen LogP contribution in [-0.4, -0.2) is 21.6 Å². The largest absolute Gasteiger partial charge is 0.307 e. The van der Waals surface area contributed by atoms with E-state index in [4.69, 9.17) is 21.6 Å². The van der Waals surface area contributed by atoms with Gasteiger partial charge in [0.15, 0.2) is 5.82 Å². The lowest BCUT2D eigenvalue weighted by Crippen LogP contribution is -2.32. The molecule has 0 spiro atoms. The zero-order valence-electron chi connectivity index (χ0n) is 21.0. The predicted octanol–water partition coefficient (Wildman–Crippen LogP) is 8.43. The first-order valence-corrected chi connectivity index (χ1v) is 14.0. The van der Waals surface area contributed by atoms with Gasteiger partial charge in [0.1, 0.15) is 5.03 Å². The molecule has 190 valence electrons. The average molecular weight is 546 g/mol. The molecule has 1 aromatic heterocycles. The second-order valence-corrected chi connectivity index (χ2v) is 10.5. The van der Waals surface area contributed by atoms with E-state index >= 15 is 0 Å². The number of para-hydroxylation sites is 1. The topological polar surface area (TPSA) is 46.1 Å². The lowest BCUT2D eigenvalue weighted by atomic mass is 10.1. The number of thioether (sulfide) groups is 1. The quantitative estimate of drug-likeness (QED) is 0.149. The van der Waals surface area contributed by atoms with Gasteiger partial charge in [-0.1, -0.05) is 120 Å². The standard InChI is InChI=1S/C33H24ClN3OS/c34-26-19-17-23(18-20-26)21-37(30-16-8-12-24-9-4-5-13-27(24)30)31(38)22-39-33-28-14-6-7-15-29(28)35-32(36-33)25-10-2-1-3-11-25/h1-20H,21-22H2. The molecule has 0 aliphatic heterocycles. The maximum Gasteiger partial charge on any atom is 0.237 e. The van der Waals surface area contributed by atoms with Crippen molar-refractivity contribution < 1.29 is 4.79 Å². The van der Waals surface area contributed by atoms with Crippen LogP contribution in [0.25, 0.3) is 33.1 Å². The number of halogens is 1. The number of benzene rings is 5. The number of anilines is 1. The Balaban J connectivity index is 1.35. The van der Waals surface area contributed by atoms with Crippen molar-refractivity contribution in [1.29, 1.82) is 0 Å². The molecule has 0 N–H and O–H groups in total. The van der Waals surface area contributed by atoms with E-state index in [0.29, 0.717) is 17.4 Å². The smallest absolute Gasteiger partial charge is 0.237 e. The van der Waals surface area contributed by atoms with E-state index in [1.807, 2.05) is 108 Å². The van der Waals surface area contributed by atoms with Gasteiger partial charge in [0, 0.05) is 21.4 Å². The second kappa shape index (κ2) is 11.3. The summed E-state index contributed by atoms with van der Waals surface area (Å²) >= 11 is 7.58. The molecule has 6 rings (SSSR count). The van der Waals surface area contributed by atoms with Crippen molar-refractivity contribution in [2.45, 2.75) is 11.6 Å². The first kappa shape index (κ1) is 25.1. The Bertz CT molecular complexity index is 1770. The summed E-state index contributed by atoms with van der Waals surface area (Å²) in [4.78, 5) is 25.5.